The van der Waals surface area contributed by atoms with Crippen molar-refractivity contribution in [2.75, 3.05) is 18.8 Å². The number of rotatable bonds is 2. The quantitative estimate of drug-likeness (QED) is 0.788. The highest BCUT2D eigenvalue weighted by atomic mass is 35.5. The van der Waals surface area contributed by atoms with E-state index in [0.717, 1.165) is 16.6 Å². The second kappa shape index (κ2) is 7.21. The van der Waals surface area contributed by atoms with Gasteiger partial charge in [-0.15, -0.1) is 24.8 Å². The summed E-state index contributed by atoms with van der Waals surface area (Å²) in [6.45, 7) is 1.83. The Morgan fingerprint density at radius 3 is 2.72 bits per heavy atom. The van der Waals surface area contributed by atoms with Crippen LogP contribution in [0.5, 0.6) is 0 Å². The summed E-state index contributed by atoms with van der Waals surface area (Å²) in [4.78, 5) is 2.14. The molecule has 10 heteroatoms. The highest BCUT2D eigenvalue weighted by Gasteiger charge is 2.50. The number of aromatic nitrogens is 2. The number of nitrogens with two attached hydrogens (primary N) is 1. The first-order valence-electron chi connectivity index (χ1n) is 7.66. The van der Waals surface area contributed by atoms with Gasteiger partial charge in [0.25, 0.3) is 0 Å². The Labute approximate surface area is 164 Å². The van der Waals surface area contributed by atoms with Crippen LogP contribution in [-0.2, 0) is 23.4 Å². The molecule has 2 N–H and O–H groups in total. The van der Waals surface area contributed by atoms with Gasteiger partial charge in [0, 0.05) is 44.0 Å². The van der Waals surface area contributed by atoms with Gasteiger partial charge in [-0.25, -0.2) is 8.42 Å². The Bertz CT molecular complexity index is 886. The molecule has 0 unspecified atom stereocenters. The molecule has 0 spiro atoms. The van der Waals surface area contributed by atoms with E-state index in [9.17, 15) is 8.42 Å². The lowest BCUT2D eigenvalue weighted by molar-refractivity contribution is 0.304. The summed E-state index contributed by atoms with van der Waals surface area (Å²) in [6, 6.07) is 5.49. The lowest BCUT2D eigenvalue weighted by atomic mass is 10.0. The van der Waals surface area contributed by atoms with Gasteiger partial charge in [0.2, 0.25) is 0 Å². The predicted molar refractivity (Wildman–Crippen MR) is 105 cm³/mol. The smallest absolute Gasteiger partial charge is 0.156 e. The molecule has 0 amide bonds. The number of nitrogens with zero attached hydrogens (tertiary/aromatic N) is 3. The molecule has 2 saturated heterocycles. The molecule has 1 aromatic carbocycles. The van der Waals surface area contributed by atoms with E-state index in [1.807, 2.05) is 29.9 Å². The van der Waals surface area contributed by atoms with Gasteiger partial charge in [0.05, 0.1) is 27.2 Å². The zero-order valence-electron chi connectivity index (χ0n) is 13.6. The molecule has 140 valence electrons. The maximum atomic E-state index is 12.2. The van der Waals surface area contributed by atoms with E-state index < -0.39 is 9.84 Å². The Kier molecular flexibility index (Phi) is 5.98. The first kappa shape index (κ1) is 20.7. The molecule has 2 aliphatic heterocycles. The van der Waals surface area contributed by atoms with Crippen LogP contribution in [0.4, 0.5) is 0 Å². The molecule has 4 rings (SSSR count). The number of hydrogen-bond donors (Lipinski definition) is 1. The van der Waals surface area contributed by atoms with E-state index in [1.165, 1.54) is 0 Å². The number of fused-ring (bicyclic) bond motifs is 2. The van der Waals surface area contributed by atoms with Gasteiger partial charge in [-0.2, -0.15) is 5.10 Å². The molecule has 2 fully saturated rings. The molecule has 3 atom stereocenters. The molecule has 0 bridgehead atoms. The van der Waals surface area contributed by atoms with Crippen molar-refractivity contribution in [2.45, 2.75) is 17.8 Å². The fraction of sp³-hybridized carbons (Fsp3) is 0.533. The summed E-state index contributed by atoms with van der Waals surface area (Å²) in [6.07, 6.45) is 0. The summed E-state index contributed by atoms with van der Waals surface area (Å²) < 4.78 is 26.2. The molecule has 25 heavy (non-hydrogen) atoms. The van der Waals surface area contributed by atoms with Crippen molar-refractivity contribution < 1.29 is 8.42 Å². The molecule has 2 aromatic rings. The Morgan fingerprint density at radius 2 is 2.04 bits per heavy atom. The van der Waals surface area contributed by atoms with E-state index in [0.29, 0.717) is 24.7 Å². The average molecular weight is 428 g/mol. The van der Waals surface area contributed by atoms with Gasteiger partial charge in [-0.1, -0.05) is 17.7 Å². The Hall–Kier alpha value is -0.570. The number of aryl methyl sites for hydroxylation is 1. The van der Waals surface area contributed by atoms with E-state index >= 15 is 0 Å². The van der Waals surface area contributed by atoms with Crippen LogP contribution in [0.1, 0.15) is 5.69 Å². The molecular formula is C15H21Cl3N4O2S. The van der Waals surface area contributed by atoms with Crippen molar-refractivity contribution in [1.29, 1.82) is 0 Å². The van der Waals surface area contributed by atoms with Gasteiger partial charge in [0.1, 0.15) is 0 Å². The third-order valence-corrected chi connectivity index (χ3v) is 7.68. The molecular weight excluding hydrogens is 407 g/mol. The van der Waals surface area contributed by atoms with Crippen molar-refractivity contribution in [1.82, 2.24) is 14.7 Å². The van der Waals surface area contributed by atoms with E-state index in [4.69, 9.17) is 17.3 Å². The summed E-state index contributed by atoms with van der Waals surface area (Å²) in [5, 5.41) is 5.86. The number of hydrogen-bond acceptors (Lipinski definition) is 5. The second-order valence-electron chi connectivity index (χ2n) is 6.59. The number of likely N-dealkylation sites (tertiary alicyclic amines) is 1. The monoisotopic (exact) mass is 426 g/mol. The fourth-order valence-corrected chi connectivity index (χ4v) is 6.56. The minimum Gasteiger partial charge on any atom is -0.326 e. The molecule has 3 heterocycles. The zero-order chi connectivity index (χ0) is 16.4. The van der Waals surface area contributed by atoms with Crippen LogP contribution in [0.15, 0.2) is 18.2 Å². The van der Waals surface area contributed by atoms with E-state index in [2.05, 4.69) is 10.00 Å². The van der Waals surface area contributed by atoms with Crippen molar-refractivity contribution in [2.24, 2.45) is 18.7 Å². The normalized spacial score (nSPS) is 27.7. The second-order valence-corrected chi connectivity index (χ2v) is 9.27. The highest BCUT2D eigenvalue weighted by Crippen LogP contribution is 2.35. The Morgan fingerprint density at radius 1 is 1.32 bits per heavy atom. The van der Waals surface area contributed by atoms with Gasteiger partial charge in [0.15, 0.2) is 9.84 Å². The van der Waals surface area contributed by atoms with Gasteiger partial charge >= 0.3 is 0 Å². The Balaban J connectivity index is 0.00000113. The maximum Gasteiger partial charge on any atom is 0.156 e. The minimum atomic E-state index is -3.06. The van der Waals surface area contributed by atoms with Crippen molar-refractivity contribution in [3.05, 3.63) is 28.9 Å². The average Bonchev–Trinajstić information content (AvgIpc) is 3.08. The molecule has 1 aromatic heterocycles. The standard InChI is InChI=1S/C15H19ClN4O2S.2ClH/c1-19-13-4-2-3-10(16)15(13)12(18-19)6-20-5-9-11(17)8-23(21,22)14(9)7-20;;/h2-4,9,11,14H,5-8,17H2,1H3;2*1H/t9-,11+,14-;;/m0../s1. The SMILES string of the molecule is Cl.Cl.Cn1nc(CN2C[C@H]3[C@H](N)CS(=O)(=O)[C@H]3C2)c2c(Cl)cccc21. The predicted octanol–water partition coefficient (Wildman–Crippen LogP) is 1.63. The summed E-state index contributed by atoms with van der Waals surface area (Å²) >= 11 is 6.34. The van der Waals surface area contributed by atoms with E-state index in [1.54, 1.807) is 0 Å². The van der Waals surface area contributed by atoms with Crippen molar-refractivity contribution in [3.8, 4) is 0 Å². The molecule has 6 nitrogen and oxygen atoms in total. The van der Waals surface area contributed by atoms with Crippen LogP contribution in [0.3, 0.4) is 0 Å². The van der Waals surface area contributed by atoms with Crippen molar-refractivity contribution in [3.63, 3.8) is 0 Å². The minimum absolute atomic E-state index is 0. The van der Waals surface area contributed by atoms with E-state index in [-0.39, 0.29) is 47.8 Å². The summed E-state index contributed by atoms with van der Waals surface area (Å²) in [5.74, 6) is 0.152. The molecule has 2 aliphatic rings. The number of benzene rings is 1. The molecule has 0 aliphatic carbocycles. The number of sulfone groups is 1. The highest BCUT2D eigenvalue weighted by molar-refractivity contribution is 7.92. The molecule has 0 saturated carbocycles. The first-order chi connectivity index (χ1) is 10.9. The van der Waals surface area contributed by atoms with Crippen LogP contribution in [-0.4, -0.2) is 53.2 Å². The summed E-state index contributed by atoms with van der Waals surface area (Å²) in [7, 11) is -1.17. The largest absolute Gasteiger partial charge is 0.326 e. The van der Waals surface area contributed by atoms with Crippen LogP contribution in [0.25, 0.3) is 10.9 Å². The third-order valence-electron chi connectivity index (χ3n) is 5.09. The van der Waals surface area contributed by atoms with Gasteiger partial charge in [-0.3, -0.25) is 9.58 Å². The summed E-state index contributed by atoms with van der Waals surface area (Å²) in [5.41, 5.74) is 7.89. The first-order valence-corrected chi connectivity index (χ1v) is 9.76. The number of halogens is 3. The molecule has 0 radical (unpaired) electrons. The maximum absolute atomic E-state index is 12.2. The van der Waals surface area contributed by atoms with Gasteiger partial charge in [-0.05, 0) is 12.1 Å². The zero-order valence-corrected chi connectivity index (χ0v) is 16.8. The lowest BCUT2D eigenvalue weighted by Gasteiger charge is -2.17. The van der Waals surface area contributed by atoms with Crippen LogP contribution in [0.2, 0.25) is 5.02 Å². The third kappa shape index (κ3) is 3.38. The topological polar surface area (TPSA) is 81.2 Å². The van der Waals surface area contributed by atoms with Crippen LogP contribution in [0, 0.1) is 5.92 Å². The van der Waals surface area contributed by atoms with Gasteiger partial charge < -0.3 is 5.73 Å². The van der Waals surface area contributed by atoms with Crippen molar-refractivity contribution >= 4 is 57.2 Å². The van der Waals surface area contributed by atoms with Crippen LogP contribution >= 0.6 is 36.4 Å². The lowest BCUT2D eigenvalue weighted by Crippen LogP contribution is -2.33. The fourth-order valence-electron chi connectivity index (χ4n) is 3.99. The van der Waals surface area contributed by atoms with Crippen LogP contribution < -0.4 is 5.73 Å².